The minimum atomic E-state index is -3.68. The summed E-state index contributed by atoms with van der Waals surface area (Å²) in [6.07, 6.45) is 0. The van der Waals surface area contributed by atoms with Gasteiger partial charge in [0.25, 0.3) is 0 Å². The molecule has 0 atom stereocenters. The number of ether oxygens (including phenoxy) is 1. The van der Waals surface area contributed by atoms with Crippen molar-refractivity contribution < 1.29 is 18.3 Å². The van der Waals surface area contributed by atoms with Gasteiger partial charge in [0.15, 0.2) is 0 Å². The van der Waals surface area contributed by atoms with Gasteiger partial charge in [-0.05, 0) is 43.0 Å². The lowest BCUT2D eigenvalue weighted by Crippen LogP contribution is -2.27. The van der Waals surface area contributed by atoms with Crippen molar-refractivity contribution in [3.63, 3.8) is 0 Å². The number of benzene rings is 1. The van der Waals surface area contributed by atoms with Crippen LogP contribution < -0.4 is 9.46 Å². The van der Waals surface area contributed by atoms with Crippen molar-refractivity contribution in [1.29, 1.82) is 0 Å². The zero-order valence-corrected chi connectivity index (χ0v) is 13.3. The van der Waals surface area contributed by atoms with Crippen LogP contribution in [0.1, 0.15) is 37.8 Å². The molecule has 2 N–H and O–H groups in total. The van der Waals surface area contributed by atoms with E-state index in [-0.39, 0.29) is 24.0 Å². The molecule has 0 aromatic heterocycles. The van der Waals surface area contributed by atoms with Crippen molar-refractivity contribution in [2.45, 2.75) is 38.5 Å². The molecule has 5 nitrogen and oxygen atoms in total. The Labute approximate surface area is 121 Å². The minimum absolute atomic E-state index is 0.0151. The molecule has 0 aliphatic carbocycles. The quantitative estimate of drug-likeness (QED) is 0.805. The van der Waals surface area contributed by atoms with Crippen molar-refractivity contribution in [1.82, 2.24) is 4.72 Å². The van der Waals surface area contributed by atoms with Gasteiger partial charge in [0, 0.05) is 6.54 Å². The molecule has 114 valence electrons. The molecule has 0 heterocycles. The van der Waals surface area contributed by atoms with Gasteiger partial charge in [-0.2, -0.15) is 0 Å². The zero-order valence-electron chi connectivity index (χ0n) is 12.4. The molecule has 0 aliphatic heterocycles. The van der Waals surface area contributed by atoms with Gasteiger partial charge in [-0.3, -0.25) is 0 Å². The number of hydrogen-bond acceptors (Lipinski definition) is 4. The Bertz CT molecular complexity index is 553. The Kier molecular flexibility index (Phi) is 5.98. The number of hydrogen-bond donors (Lipinski definition) is 2. The summed E-state index contributed by atoms with van der Waals surface area (Å²) >= 11 is 0. The van der Waals surface area contributed by atoms with Crippen LogP contribution in [0.4, 0.5) is 0 Å². The Morgan fingerprint density at radius 2 is 2.00 bits per heavy atom. The molecule has 0 bridgehead atoms. The van der Waals surface area contributed by atoms with Crippen molar-refractivity contribution in [3.05, 3.63) is 23.3 Å². The maximum atomic E-state index is 12.3. The van der Waals surface area contributed by atoms with Gasteiger partial charge in [-0.15, -0.1) is 0 Å². The highest BCUT2D eigenvalue weighted by Crippen LogP contribution is 2.31. The summed E-state index contributed by atoms with van der Waals surface area (Å²) in [7, 11) is -3.68. The third kappa shape index (κ3) is 3.94. The molecule has 0 saturated heterocycles. The van der Waals surface area contributed by atoms with Gasteiger partial charge in [0.2, 0.25) is 10.0 Å². The number of rotatable bonds is 7. The summed E-state index contributed by atoms with van der Waals surface area (Å²) in [4.78, 5) is 0.127. The molecule has 0 unspecified atom stereocenters. The Morgan fingerprint density at radius 1 is 1.35 bits per heavy atom. The smallest absolute Gasteiger partial charge is 0.244 e. The van der Waals surface area contributed by atoms with E-state index in [0.717, 1.165) is 11.1 Å². The van der Waals surface area contributed by atoms with Crippen LogP contribution in [0.5, 0.6) is 5.75 Å². The number of sulfonamides is 1. The molecule has 0 fully saturated rings. The van der Waals surface area contributed by atoms with E-state index in [4.69, 9.17) is 9.84 Å². The fraction of sp³-hybridized carbons (Fsp3) is 0.571. The van der Waals surface area contributed by atoms with Crippen LogP contribution in [0, 0.1) is 6.92 Å². The Morgan fingerprint density at radius 3 is 2.50 bits per heavy atom. The van der Waals surface area contributed by atoms with Crippen molar-refractivity contribution in [3.8, 4) is 5.75 Å². The van der Waals surface area contributed by atoms with Gasteiger partial charge < -0.3 is 9.84 Å². The van der Waals surface area contributed by atoms with Gasteiger partial charge in [0.1, 0.15) is 10.6 Å². The van der Waals surface area contributed by atoms with Gasteiger partial charge in [-0.1, -0.05) is 13.8 Å². The average Bonchev–Trinajstić information content (AvgIpc) is 2.36. The summed E-state index contributed by atoms with van der Waals surface area (Å²) in [6, 6.07) is 3.41. The maximum Gasteiger partial charge on any atom is 0.244 e. The second-order valence-corrected chi connectivity index (χ2v) is 6.60. The lowest BCUT2D eigenvalue weighted by atomic mass is 9.98. The third-order valence-corrected chi connectivity index (χ3v) is 4.43. The average molecular weight is 301 g/mol. The van der Waals surface area contributed by atoms with Crippen molar-refractivity contribution in [2.24, 2.45) is 0 Å². The first-order valence-corrected chi connectivity index (χ1v) is 8.19. The normalized spacial score (nSPS) is 11.9. The topological polar surface area (TPSA) is 75.6 Å². The molecule has 1 aromatic rings. The second kappa shape index (κ2) is 7.06. The second-order valence-electron chi connectivity index (χ2n) is 4.86. The van der Waals surface area contributed by atoms with Crippen LogP contribution in [-0.4, -0.2) is 33.3 Å². The lowest BCUT2D eigenvalue weighted by molar-refractivity contribution is 0.300. The molecular weight excluding hydrogens is 278 g/mol. The van der Waals surface area contributed by atoms with Crippen LogP contribution >= 0.6 is 0 Å². The largest absolute Gasteiger partial charge is 0.492 e. The Balaban J connectivity index is 3.37. The number of aliphatic hydroxyl groups excluding tert-OH is 1. The van der Waals surface area contributed by atoms with E-state index >= 15 is 0 Å². The van der Waals surface area contributed by atoms with E-state index in [1.54, 1.807) is 12.1 Å². The van der Waals surface area contributed by atoms with E-state index in [1.807, 2.05) is 27.7 Å². The van der Waals surface area contributed by atoms with Crippen molar-refractivity contribution in [2.75, 3.05) is 19.8 Å². The number of aliphatic hydroxyl groups is 1. The van der Waals surface area contributed by atoms with Gasteiger partial charge in [0.05, 0.1) is 13.2 Å². The van der Waals surface area contributed by atoms with E-state index in [9.17, 15) is 8.42 Å². The predicted molar refractivity (Wildman–Crippen MR) is 78.7 cm³/mol. The number of aryl methyl sites for hydroxylation is 1. The fourth-order valence-corrected chi connectivity index (χ4v) is 3.22. The molecule has 1 rings (SSSR count). The van der Waals surface area contributed by atoms with E-state index in [0.29, 0.717) is 12.4 Å². The molecule has 0 saturated carbocycles. The van der Waals surface area contributed by atoms with E-state index in [1.165, 1.54) is 0 Å². The summed E-state index contributed by atoms with van der Waals surface area (Å²) in [6.45, 7) is 7.91. The molecule has 0 aliphatic rings. The highest BCUT2D eigenvalue weighted by atomic mass is 32.2. The predicted octanol–water partition coefficient (Wildman–Crippen LogP) is 1.79. The molecule has 0 amide bonds. The molecular formula is C14H23NO4S. The fourth-order valence-electron chi connectivity index (χ4n) is 2.04. The summed E-state index contributed by atoms with van der Waals surface area (Å²) in [5.74, 6) is 0.567. The summed E-state index contributed by atoms with van der Waals surface area (Å²) in [5, 5.41) is 8.78. The highest BCUT2D eigenvalue weighted by molar-refractivity contribution is 7.89. The summed E-state index contributed by atoms with van der Waals surface area (Å²) < 4.78 is 32.3. The zero-order chi connectivity index (χ0) is 15.3. The third-order valence-electron chi connectivity index (χ3n) is 2.95. The summed E-state index contributed by atoms with van der Waals surface area (Å²) in [5.41, 5.74) is 1.97. The lowest BCUT2D eigenvalue weighted by Gasteiger charge is -2.17. The monoisotopic (exact) mass is 301 g/mol. The van der Waals surface area contributed by atoms with Crippen LogP contribution in [-0.2, 0) is 10.0 Å². The highest BCUT2D eigenvalue weighted by Gasteiger charge is 2.21. The first kappa shape index (κ1) is 16.9. The SMILES string of the molecule is CCOc1cc(C)c(C(C)C)cc1S(=O)(=O)NCCO. The van der Waals surface area contributed by atoms with Crippen molar-refractivity contribution >= 4 is 10.0 Å². The maximum absolute atomic E-state index is 12.3. The standard InChI is InChI=1S/C14H23NO4S/c1-5-19-13-8-11(4)12(10(2)3)9-14(13)20(17,18)15-6-7-16/h8-10,15-16H,5-7H2,1-4H3. The minimum Gasteiger partial charge on any atom is -0.492 e. The molecule has 0 radical (unpaired) electrons. The van der Waals surface area contributed by atoms with E-state index < -0.39 is 10.0 Å². The number of nitrogens with one attached hydrogen (secondary N) is 1. The first-order chi connectivity index (χ1) is 9.33. The molecule has 20 heavy (non-hydrogen) atoms. The van der Waals surface area contributed by atoms with Gasteiger partial charge >= 0.3 is 0 Å². The molecule has 0 spiro atoms. The van der Waals surface area contributed by atoms with Crippen LogP contribution in [0.3, 0.4) is 0 Å². The molecule has 1 aromatic carbocycles. The van der Waals surface area contributed by atoms with Crippen LogP contribution in [0.15, 0.2) is 17.0 Å². The van der Waals surface area contributed by atoms with E-state index in [2.05, 4.69) is 4.72 Å². The van der Waals surface area contributed by atoms with Crippen LogP contribution in [0.2, 0.25) is 0 Å². The first-order valence-electron chi connectivity index (χ1n) is 6.71. The van der Waals surface area contributed by atoms with Gasteiger partial charge in [-0.25, -0.2) is 13.1 Å². The van der Waals surface area contributed by atoms with Crippen LogP contribution in [0.25, 0.3) is 0 Å². The Hall–Kier alpha value is -1.11. The molecule has 6 heteroatoms.